The zero-order chi connectivity index (χ0) is 14.4. The molecule has 1 aromatic rings. The van der Waals surface area contributed by atoms with Gasteiger partial charge in [0.2, 0.25) is 0 Å². The van der Waals surface area contributed by atoms with E-state index in [1.54, 1.807) is 7.11 Å². The molecule has 0 saturated carbocycles. The van der Waals surface area contributed by atoms with Crippen molar-refractivity contribution in [3.63, 3.8) is 0 Å². The summed E-state index contributed by atoms with van der Waals surface area (Å²) in [4.78, 5) is 22.0. The number of nitro benzene ring substituents is 1. The summed E-state index contributed by atoms with van der Waals surface area (Å²) in [5, 5.41) is 22.7. The number of rotatable bonds is 6. The average molecular weight is 268 g/mol. The molecule has 2 N–H and O–H groups in total. The Balaban J connectivity index is 2.81. The lowest BCUT2D eigenvalue weighted by molar-refractivity contribution is -0.385. The molecule has 0 heterocycles. The van der Waals surface area contributed by atoms with Crippen LogP contribution in [0, 0.1) is 16.0 Å². The van der Waals surface area contributed by atoms with E-state index in [9.17, 15) is 20.0 Å². The van der Waals surface area contributed by atoms with Gasteiger partial charge in [0.25, 0.3) is 11.6 Å². The standard InChI is InChI=1S/C12H16N2O5/c1-8(7-19-2)6-13-12(16)10-5-9(15)3-4-11(10)14(17)18/h3-5,8,15H,6-7H2,1-2H3,(H,13,16). The molecule has 0 bridgehead atoms. The number of carbonyl (C=O) groups excluding carboxylic acids is 1. The Kier molecular flexibility index (Phi) is 5.25. The number of hydrogen-bond donors (Lipinski definition) is 2. The molecule has 0 aromatic heterocycles. The van der Waals surface area contributed by atoms with E-state index in [2.05, 4.69) is 5.32 Å². The molecule has 1 unspecified atom stereocenters. The molecular formula is C12H16N2O5. The quantitative estimate of drug-likeness (QED) is 0.598. The van der Waals surface area contributed by atoms with Gasteiger partial charge in [-0.2, -0.15) is 0 Å². The van der Waals surface area contributed by atoms with Crippen molar-refractivity contribution in [2.75, 3.05) is 20.3 Å². The first-order chi connectivity index (χ1) is 8.95. The number of ether oxygens (including phenoxy) is 1. The van der Waals surface area contributed by atoms with E-state index in [0.717, 1.165) is 12.1 Å². The monoisotopic (exact) mass is 268 g/mol. The number of carbonyl (C=O) groups is 1. The van der Waals surface area contributed by atoms with Crippen LogP contribution in [0.4, 0.5) is 5.69 Å². The van der Waals surface area contributed by atoms with Gasteiger partial charge >= 0.3 is 0 Å². The predicted octanol–water partition coefficient (Wildman–Crippen LogP) is 1.31. The molecule has 0 aliphatic rings. The van der Waals surface area contributed by atoms with Gasteiger partial charge in [-0.15, -0.1) is 0 Å². The summed E-state index contributed by atoms with van der Waals surface area (Å²) < 4.78 is 4.92. The molecule has 7 heteroatoms. The van der Waals surface area contributed by atoms with E-state index in [-0.39, 0.29) is 22.9 Å². The zero-order valence-electron chi connectivity index (χ0n) is 10.8. The number of phenols is 1. The van der Waals surface area contributed by atoms with Crippen LogP contribution in [0.15, 0.2) is 18.2 Å². The summed E-state index contributed by atoms with van der Waals surface area (Å²) in [6, 6.07) is 3.35. The smallest absolute Gasteiger partial charge is 0.282 e. The summed E-state index contributed by atoms with van der Waals surface area (Å²) in [5.41, 5.74) is -0.496. The predicted molar refractivity (Wildman–Crippen MR) is 68.1 cm³/mol. The van der Waals surface area contributed by atoms with Crippen molar-refractivity contribution in [1.29, 1.82) is 0 Å². The van der Waals surface area contributed by atoms with E-state index in [1.807, 2.05) is 6.92 Å². The molecule has 104 valence electrons. The first kappa shape index (κ1) is 14.9. The number of phenolic OH excluding ortho intramolecular Hbond substituents is 1. The van der Waals surface area contributed by atoms with E-state index >= 15 is 0 Å². The minimum Gasteiger partial charge on any atom is -0.508 e. The Morgan fingerprint density at radius 3 is 2.84 bits per heavy atom. The molecule has 0 radical (unpaired) electrons. The van der Waals surface area contributed by atoms with Gasteiger partial charge in [-0.25, -0.2) is 0 Å². The van der Waals surface area contributed by atoms with Crippen LogP contribution in [0.2, 0.25) is 0 Å². The van der Waals surface area contributed by atoms with Crippen molar-refractivity contribution in [1.82, 2.24) is 5.32 Å². The van der Waals surface area contributed by atoms with Crippen LogP contribution in [0.3, 0.4) is 0 Å². The lowest BCUT2D eigenvalue weighted by atomic mass is 10.1. The Morgan fingerprint density at radius 1 is 1.58 bits per heavy atom. The fraction of sp³-hybridized carbons (Fsp3) is 0.417. The maximum absolute atomic E-state index is 11.9. The topological polar surface area (TPSA) is 102 Å². The minimum absolute atomic E-state index is 0.0883. The van der Waals surface area contributed by atoms with Gasteiger partial charge in [0.15, 0.2) is 0 Å². The summed E-state index contributed by atoms with van der Waals surface area (Å²) in [6.45, 7) is 2.68. The number of aromatic hydroxyl groups is 1. The van der Waals surface area contributed by atoms with Crippen LogP contribution < -0.4 is 5.32 Å². The van der Waals surface area contributed by atoms with Crippen LogP contribution in [0.25, 0.3) is 0 Å². The maximum Gasteiger partial charge on any atom is 0.282 e. The summed E-state index contributed by atoms with van der Waals surface area (Å²) in [6.07, 6.45) is 0. The van der Waals surface area contributed by atoms with Crippen LogP contribution in [-0.2, 0) is 4.74 Å². The third kappa shape index (κ3) is 4.22. The third-order valence-electron chi connectivity index (χ3n) is 2.48. The van der Waals surface area contributed by atoms with Crippen LogP contribution in [0.1, 0.15) is 17.3 Å². The number of hydrogen-bond acceptors (Lipinski definition) is 5. The number of nitrogens with one attached hydrogen (secondary N) is 1. The second-order valence-corrected chi connectivity index (χ2v) is 4.23. The largest absolute Gasteiger partial charge is 0.508 e. The molecular weight excluding hydrogens is 252 g/mol. The molecule has 0 saturated heterocycles. The van der Waals surface area contributed by atoms with E-state index in [0.29, 0.717) is 13.2 Å². The molecule has 19 heavy (non-hydrogen) atoms. The third-order valence-corrected chi connectivity index (χ3v) is 2.48. The van der Waals surface area contributed by atoms with E-state index < -0.39 is 10.8 Å². The average Bonchev–Trinajstić information content (AvgIpc) is 2.35. The van der Waals surface area contributed by atoms with Crippen molar-refractivity contribution >= 4 is 11.6 Å². The fourth-order valence-electron chi connectivity index (χ4n) is 1.57. The van der Waals surface area contributed by atoms with Crippen molar-refractivity contribution in [2.24, 2.45) is 5.92 Å². The highest BCUT2D eigenvalue weighted by Gasteiger charge is 2.20. The summed E-state index contributed by atoms with van der Waals surface area (Å²) in [7, 11) is 1.55. The lowest BCUT2D eigenvalue weighted by Gasteiger charge is -2.11. The highest BCUT2D eigenvalue weighted by molar-refractivity contribution is 5.98. The maximum atomic E-state index is 11.9. The number of nitrogens with zero attached hydrogens (tertiary/aromatic N) is 1. The summed E-state index contributed by atoms with van der Waals surface area (Å²) in [5.74, 6) is -0.698. The first-order valence-electron chi connectivity index (χ1n) is 5.70. The van der Waals surface area contributed by atoms with E-state index in [4.69, 9.17) is 4.74 Å². The van der Waals surface area contributed by atoms with E-state index in [1.165, 1.54) is 6.07 Å². The van der Waals surface area contributed by atoms with Crippen LogP contribution >= 0.6 is 0 Å². The molecule has 1 amide bonds. The SMILES string of the molecule is COCC(C)CNC(=O)c1cc(O)ccc1[N+](=O)[O-]. The zero-order valence-corrected chi connectivity index (χ0v) is 10.8. The van der Waals surface area contributed by atoms with Crippen LogP contribution in [0.5, 0.6) is 5.75 Å². The Labute approximate surface area is 110 Å². The Morgan fingerprint density at radius 2 is 2.26 bits per heavy atom. The molecule has 1 aromatic carbocycles. The Bertz CT molecular complexity index is 475. The number of amides is 1. The molecule has 0 aliphatic carbocycles. The van der Waals surface area contributed by atoms with Gasteiger partial charge < -0.3 is 15.2 Å². The van der Waals surface area contributed by atoms with Crippen molar-refractivity contribution in [2.45, 2.75) is 6.92 Å². The number of benzene rings is 1. The van der Waals surface area contributed by atoms with Gasteiger partial charge in [-0.05, 0) is 18.1 Å². The summed E-state index contributed by atoms with van der Waals surface area (Å²) >= 11 is 0. The van der Waals surface area contributed by atoms with Crippen molar-refractivity contribution in [3.8, 4) is 5.75 Å². The number of methoxy groups -OCH3 is 1. The van der Waals surface area contributed by atoms with Gasteiger partial charge in [0.05, 0.1) is 11.5 Å². The molecule has 1 rings (SSSR count). The number of nitro groups is 1. The molecule has 7 nitrogen and oxygen atoms in total. The van der Waals surface area contributed by atoms with Gasteiger partial charge in [-0.1, -0.05) is 6.92 Å². The van der Waals surface area contributed by atoms with Gasteiger partial charge in [0.1, 0.15) is 11.3 Å². The van der Waals surface area contributed by atoms with Gasteiger partial charge in [0, 0.05) is 19.7 Å². The molecule has 1 atom stereocenters. The Hall–Kier alpha value is -2.15. The van der Waals surface area contributed by atoms with Crippen molar-refractivity contribution < 1.29 is 19.6 Å². The fourth-order valence-corrected chi connectivity index (χ4v) is 1.57. The highest BCUT2D eigenvalue weighted by Crippen LogP contribution is 2.23. The molecule has 0 fully saturated rings. The second kappa shape index (κ2) is 6.69. The normalized spacial score (nSPS) is 11.9. The molecule has 0 aliphatic heterocycles. The molecule has 0 spiro atoms. The lowest BCUT2D eigenvalue weighted by Crippen LogP contribution is -2.30. The first-order valence-corrected chi connectivity index (χ1v) is 5.70. The highest BCUT2D eigenvalue weighted by atomic mass is 16.6. The van der Waals surface area contributed by atoms with Crippen molar-refractivity contribution in [3.05, 3.63) is 33.9 Å². The van der Waals surface area contributed by atoms with Crippen LogP contribution in [-0.4, -0.2) is 36.2 Å². The minimum atomic E-state index is -0.660. The van der Waals surface area contributed by atoms with Gasteiger partial charge in [-0.3, -0.25) is 14.9 Å². The second-order valence-electron chi connectivity index (χ2n) is 4.23.